The molecule has 0 spiro atoms. The van der Waals surface area contributed by atoms with Crippen LogP contribution in [0, 0.1) is 0 Å². The average molecular weight is 379 g/mol. The number of carbonyl (C=O) groups excluding carboxylic acids is 3. The zero-order valence-corrected chi connectivity index (χ0v) is 15.1. The van der Waals surface area contributed by atoms with Crippen molar-refractivity contribution in [2.24, 2.45) is 0 Å². The lowest BCUT2D eigenvalue weighted by Gasteiger charge is -2.41. The van der Waals surface area contributed by atoms with Crippen molar-refractivity contribution < 1.29 is 19.1 Å². The number of esters is 1. The first-order valence-electron chi connectivity index (χ1n) is 7.46. The van der Waals surface area contributed by atoms with Gasteiger partial charge in [-0.2, -0.15) is 0 Å². The van der Waals surface area contributed by atoms with Crippen molar-refractivity contribution in [3.8, 4) is 0 Å². The van der Waals surface area contributed by atoms with E-state index in [1.165, 1.54) is 11.0 Å². The Morgan fingerprint density at radius 1 is 1.24 bits per heavy atom. The van der Waals surface area contributed by atoms with Gasteiger partial charge < -0.3 is 10.1 Å². The molecule has 1 aliphatic heterocycles. The summed E-state index contributed by atoms with van der Waals surface area (Å²) in [6, 6.07) is 10.1. The summed E-state index contributed by atoms with van der Waals surface area (Å²) >= 11 is 6.86. The summed E-state index contributed by atoms with van der Waals surface area (Å²) in [5.74, 6) is -1.42. The lowest BCUT2D eigenvalue weighted by molar-refractivity contribution is -0.128. The Balaban J connectivity index is 1.80. The van der Waals surface area contributed by atoms with Gasteiger partial charge in [0.15, 0.2) is 6.61 Å². The third-order valence-electron chi connectivity index (χ3n) is 3.86. The summed E-state index contributed by atoms with van der Waals surface area (Å²) in [7, 11) is 0. The van der Waals surface area contributed by atoms with Crippen LogP contribution in [0.4, 0.5) is 11.4 Å². The van der Waals surface area contributed by atoms with E-state index in [0.29, 0.717) is 20.6 Å². The fourth-order valence-corrected chi connectivity index (χ4v) is 3.52. The number of rotatable bonds is 3. The minimum Gasteiger partial charge on any atom is -0.451 e. The number of hydrogen-bond donors (Lipinski definition) is 1. The molecule has 0 atom stereocenters. The largest absolute Gasteiger partial charge is 0.451 e. The summed E-state index contributed by atoms with van der Waals surface area (Å²) < 4.78 is 5.55. The maximum atomic E-state index is 12.7. The number of thiophene rings is 1. The van der Waals surface area contributed by atoms with Crippen LogP contribution < -0.4 is 10.2 Å². The maximum absolute atomic E-state index is 12.7. The maximum Gasteiger partial charge on any atom is 0.348 e. The molecule has 0 aliphatic carbocycles. The molecule has 2 aromatic rings. The molecule has 0 saturated carbocycles. The second-order valence-electron chi connectivity index (χ2n) is 5.94. The van der Waals surface area contributed by atoms with Crippen molar-refractivity contribution in [2.45, 2.75) is 19.4 Å². The van der Waals surface area contributed by atoms with Crippen molar-refractivity contribution in [3.63, 3.8) is 0 Å². The molecular formula is C17H15ClN2O4S. The van der Waals surface area contributed by atoms with Gasteiger partial charge in [-0.3, -0.25) is 14.5 Å². The normalized spacial score (nSPS) is 15.3. The third-order valence-corrected chi connectivity index (χ3v) is 5.07. The molecule has 0 saturated heterocycles. The van der Waals surface area contributed by atoms with Gasteiger partial charge in [0.2, 0.25) is 5.91 Å². The Hall–Kier alpha value is -2.38. The van der Waals surface area contributed by atoms with E-state index in [4.69, 9.17) is 16.3 Å². The molecule has 25 heavy (non-hydrogen) atoms. The third kappa shape index (κ3) is 3.25. The van der Waals surface area contributed by atoms with Gasteiger partial charge in [-0.25, -0.2) is 4.79 Å². The van der Waals surface area contributed by atoms with Gasteiger partial charge in [-0.05, 0) is 38.1 Å². The van der Waals surface area contributed by atoms with E-state index in [1.54, 1.807) is 44.2 Å². The topological polar surface area (TPSA) is 75.7 Å². The van der Waals surface area contributed by atoms with E-state index in [-0.39, 0.29) is 5.91 Å². The van der Waals surface area contributed by atoms with E-state index in [2.05, 4.69) is 5.32 Å². The second kappa shape index (κ2) is 6.50. The number of benzene rings is 1. The number of amides is 2. The van der Waals surface area contributed by atoms with Gasteiger partial charge in [-0.1, -0.05) is 23.7 Å². The minimum absolute atomic E-state index is 0.309. The molecule has 1 aromatic carbocycles. The Morgan fingerprint density at radius 2 is 1.96 bits per heavy atom. The number of anilines is 2. The van der Waals surface area contributed by atoms with Crippen molar-refractivity contribution >= 4 is 52.1 Å². The zero-order chi connectivity index (χ0) is 18.2. The molecule has 6 nitrogen and oxygen atoms in total. The number of nitrogens with zero attached hydrogens (tertiary/aromatic N) is 1. The smallest absolute Gasteiger partial charge is 0.348 e. The van der Waals surface area contributed by atoms with Crippen LogP contribution in [0.15, 0.2) is 36.4 Å². The molecule has 2 amide bonds. The molecule has 130 valence electrons. The highest BCUT2D eigenvalue weighted by Crippen LogP contribution is 2.36. The van der Waals surface area contributed by atoms with Crippen molar-refractivity contribution in [1.29, 1.82) is 0 Å². The molecule has 3 rings (SSSR count). The van der Waals surface area contributed by atoms with E-state index in [9.17, 15) is 14.4 Å². The number of carbonyl (C=O) groups is 3. The van der Waals surface area contributed by atoms with Crippen LogP contribution in [0.5, 0.6) is 0 Å². The van der Waals surface area contributed by atoms with Crippen LogP contribution in [0.2, 0.25) is 4.34 Å². The van der Waals surface area contributed by atoms with Gasteiger partial charge in [0, 0.05) is 0 Å². The predicted octanol–water partition coefficient (Wildman–Crippen LogP) is 3.32. The Morgan fingerprint density at radius 3 is 2.64 bits per heavy atom. The van der Waals surface area contributed by atoms with Crippen LogP contribution in [-0.2, 0) is 14.3 Å². The van der Waals surface area contributed by atoms with Crippen LogP contribution in [0.1, 0.15) is 23.5 Å². The SMILES string of the molecule is CC1(C)C(=O)Nc2ccccc2N1C(=O)COC(=O)c1ccc(Cl)s1. The molecule has 2 heterocycles. The molecule has 1 N–H and O–H groups in total. The zero-order valence-electron chi connectivity index (χ0n) is 13.5. The highest BCUT2D eigenvalue weighted by atomic mass is 35.5. The first kappa shape index (κ1) is 17.4. The Kier molecular flexibility index (Phi) is 4.53. The van der Waals surface area contributed by atoms with E-state index < -0.39 is 24.0 Å². The van der Waals surface area contributed by atoms with Gasteiger partial charge in [0.25, 0.3) is 5.91 Å². The van der Waals surface area contributed by atoms with Gasteiger partial charge in [0.1, 0.15) is 10.4 Å². The number of hydrogen-bond acceptors (Lipinski definition) is 5. The number of ether oxygens (including phenoxy) is 1. The lowest BCUT2D eigenvalue weighted by Crippen LogP contribution is -2.59. The predicted molar refractivity (Wildman–Crippen MR) is 96.2 cm³/mol. The standard InChI is InChI=1S/C17H15ClN2O4S/c1-17(2)16(23)19-10-5-3-4-6-11(10)20(17)14(21)9-24-15(22)12-7-8-13(18)25-12/h3-8H,9H2,1-2H3,(H,19,23). The molecule has 0 radical (unpaired) electrons. The van der Waals surface area contributed by atoms with Crippen LogP contribution in [0.25, 0.3) is 0 Å². The average Bonchev–Trinajstić information content (AvgIpc) is 3.00. The molecule has 0 fully saturated rings. The van der Waals surface area contributed by atoms with Crippen LogP contribution >= 0.6 is 22.9 Å². The fourth-order valence-electron chi connectivity index (χ4n) is 2.59. The number of halogens is 1. The van der Waals surface area contributed by atoms with E-state index in [1.807, 2.05) is 0 Å². The summed E-state index contributed by atoms with van der Waals surface area (Å²) in [5.41, 5.74) is -0.00627. The van der Waals surface area contributed by atoms with Gasteiger partial charge in [-0.15, -0.1) is 11.3 Å². The molecule has 8 heteroatoms. The van der Waals surface area contributed by atoms with Crippen molar-refractivity contribution in [2.75, 3.05) is 16.8 Å². The summed E-state index contributed by atoms with van der Waals surface area (Å²) in [5, 5.41) is 2.77. The highest BCUT2D eigenvalue weighted by molar-refractivity contribution is 7.17. The fraction of sp³-hybridized carbons (Fsp3) is 0.235. The van der Waals surface area contributed by atoms with Gasteiger partial charge >= 0.3 is 5.97 Å². The van der Waals surface area contributed by atoms with Crippen LogP contribution in [-0.4, -0.2) is 29.9 Å². The lowest BCUT2D eigenvalue weighted by atomic mass is 9.96. The first-order valence-corrected chi connectivity index (χ1v) is 8.66. The van der Waals surface area contributed by atoms with Crippen molar-refractivity contribution in [1.82, 2.24) is 0 Å². The molecular weight excluding hydrogens is 364 g/mol. The van der Waals surface area contributed by atoms with Crippen LogP contribution in [0.3, 0.4) is 0 Å². The molecule has 1 aliphatic rings. The minimum atomic E-state index is -1.11. The molecule has 1 aromatic heterocycles. The quantitative estimate of drug-likeness (QED) is 0.831. The van der Waals surface area contributed by atoms with Crippen molar-refractivity contribution in [3.05, 3.63) is 45.6 Å². The van der Waals surface area contributed by atoms with E-state index >= 15 is 0 Å². The number of fused-ring (bicyclic) bond motifs is 1. The second-order valence-corrected chi connectivity index (χ2v) is 7.65. The Labute approximate surface area is 153 Å². The molecule has 0 unspecified atom stereocenters. The van der Waals surface area contributed by atoms with E-state index in [0.717, 1.165) is 11.3 Å². The number of para-hydroxylation sites is 2. The molecule has 0 bridgehead atoms. The number of nitrogens with one attached hydrogen (secondary N) is 1. The summed E-state index contributed by atoms with van der Waals surface area (Å²) in [6.45, 7) is 2.80. The summed E-state index contributed by atoms with van der Waals surface area (Å²) in [6.07, 6.45) is 0. The summed E-state index contributed by atoms with van der Waals surface area (Å²) in [4.78, 5) is 38.7. The first-order chi connectivity index (χ1) is 11.8. The Bertz CT molecular complexity index is 862. The van der Waals surface area contributed by atoms with Gasteiger partial charge in [0.05, 0.1) is 15.7 Å². The monoisotopic (exact) mass is 378 g/mol. The highest BCUT2D eigenvalue weighted by Gasteiger charge is 2.43.